The molecule has 170 valence electrons. The molecule has 0 aromatic heterocycles. The molecule has 0 bridgehead atoms. The molecule has 1 rings (SSSR count). The van der Waals surface area contributed by atoms with Gasteiger partial charge in [-0.1, -0.05) is 0 Å². The van der Waals surface area contributed by atoms with E-state index in [2.05, 4.69) is 20.8 Å². The Balaban J connectivity index is 3.56. The number of benzene rings is 1. The summed E-state index contributed by atoms with van der Waals surface area (Å²) in [7, 11) is 0. The first-order chi connectivity index (χ1) is 14.2. The Hall–Kier alpha value is -0.981. The van der Waals surface area contributed by atoms with Gasteiger partial charge in [0, 0.05) is 0 Å². The maximum absolute atomic E-state index is 13.1. The zero-order valence-electron chi connectivity index (χ0n) is 18.9. The third-order valence-corrected chi connectivity index (χ3v) is 21.4. The molecule has 0 aliphatic carbocycles. The molecule has 1 aromatic rings. The fourth-order valence-electron chi connectivity index (χ4n) is 4.01. The van der Waals surface area contributed by atoms with Gasteiger partial charge in [-0.2, -0.15) is 0 Å². The van der Waals surface area contributed by atoms with Crippen LogP contribution in [0.1, 0.15) is 77.3 Å². The predicted octanol–water partition coefficient (Wildman–Crippen LogP) is 8.04. The Morgan fingerprint density at radius 1 is 0.900 bits per heavy atom. The fourth-order valence-corrected chi connectivity index (χ4v) is 20.7. The summed E-state index contributed by atoms with van der Waals surface area (Å²) in [4.78, 5) is 12.5. The Morgan fingerprint density at radius 2 is 1.37 bits per heavy atom. The molecular weight excluding hydrogens is 496 g/mol. The van der Waals surface area contributed by atoms with Gasteiger partial charge < -0.3 is 0 Å². The third kappa shape index (κ3) is 8.27. The van der Waals surface area contributed by atoms with Crippen molar-refractivity contribution in [1.82, 2.24) is 0 Å². The first-order valence-electron chi connectivity index (χ1n) is 11.3. The standard InChI is InChI=1S/C12H10F3O2.3C4H9.Sn/c1-2-17-11(16)8-5-9-3-6-10(7-4-9)12(13,14)15;3*1-3-4-2;/h3-4,6-8H,2H2,1H3;3*1,3-4H2,2H3;. The summed E-state index contributed by atoms with van der Waals surface area (Å²) in [5.74, 6) is -0.377. The second-order valence-corrected chi connectivity index (χ2v) is 21.1. The summed E-state index contributed by atoms with van der Waals surface area (Å²) < 4.78 is 48.9. The predicted molar refractivity (Wildman–Crippen MR) is 121 cm³/mol. The molecule has 0 unspecified atom stereocenters. The number of hydrogen-bond acceptors (Lipinski definition) is 2. The van der Waals surface area contributed by atoms with Crippen molar-refractivity contribution >= 4 is 27.9 Å². The molecule has 0 aliphatic heterocycles. The molecule has 0 amide bonds. The quantitative estimate of drug-likeness (QED) is 0.146. The number of carbonyl (C=O) groups is 1. The minimum absolute atomic E-state index is 0.289. The summed E-state index contributed by atoms with van der Waals surface area (Å²) in [6.45, 7) is 8.57. The van der Waals surface area contributed by atoms with Crippen LogP contribution in [0.25, 0.3) is 3.59 Å². The van der Waals surface area contributed by atoms with Crippen molar-refractivity contribution in [1.29, 1.82) is 0 Å². The van der Waals surface area contributed by atoms with E-state index in [1.807, 2.05) is 0 Å². The SMILES string of the molecule is CCC[CH2][Sn]([CH2]CCC)([CH2]CCC)/[C](=C\C(=O)OCC)c1ccc(C(F)(F)F)cc1. The van der Waals surface area contributed by atoms with Crippen LogP contribution in [0.3, 0.4) is 0 Å². The van der Waals surface area contributed by atoms with Crippen LogP contribution in [-0.2, 0) is 15.7 Å². The number of ether oxygens (including phenoxy) is 1. The van der Waals surface area contributed by atoms with Crippen LogP contribution in [0.5, 0.6) is 0 Å². The van der Waals surface area contributed by atoms with E-state index >= 15 is 0 Å². The molecule has 0 saturated carbocycles. The van der Waals surface area contributed by atoms with Gasteiger partial charge in [0.2, 0.25) is 0 Å². The summed E-state index contributed by atoms with van der Waals surface area (Å²) in [5, 5.41) is 0. The summed E-state index contributed by atoms with van der Waals surface area (Å²) in [6, 6.07) is 5.40. The average molecular weight is 533 g/mol. The van der Waals surface area contributed by atoms with Gasteiger partial charge in [-0.25, -0.2) is 0 Å². The Labute approximate surface area is 184 Å². The molecular formula is C24H37F3O2Sn. The number of unbranched alkanes of at least 4 members (excludes halogenated alkanes) is 3. The van der Waals surface area contributed by atoms with E-state index < -0.39 is 30.1 Å². The van der Waals surface area contributed by atoms with Crippen LogP contribution in [0.15, 0.2) is 30.3 Å². The molecule has 0 saturated heterocycles. The first kappa shape index (κ1) is 27.1. The molecule has 0 spiro atoms. The van der Waals surface area contributed by atoms with E-state index in [1.54, 1.807) is 25.1 Å². The van der Waals surface area contributed by atoms with Gasteiger partial charge in [0.1, 0.15) is 0 Å². The monoisotopic (exact) mass is 534 g/mol. The zero-order valence-corrected chi connectivity index (χ0v) is 21.8. The topological polar surface area (TPSA) is 26.3 Å². The maximum atomic E-state index is 13.1. The number of esters is 1. The molecule has 1 aromatic carbocycles. The molecule has 0 heterocycles. The van der Waals surface area contributed by atoms with Crippen molar-refractivity contribution in [2.45, 2.75) is 85.7 Å². The molecule has 0 radical (unpaired) electrons. The number of halogens is 3. The van der Waals surface area contributed by atoms with Crippen LogP contribution in [-0.4, -0.2) is 31.0 Å². The van der Waals surface area contributed by atoms with E-state index in [-0.39, 0.29) is 12.6 Å². The van der Waals surface area contributed by atoms with Crippen molar-refractivity contribution in [3.63, 3.8) is 0 Å². The summed E-state index contributed by atoms with van der Waals surface area (Å²) >= 11 is -3.06. The Kier molecular flexibility index (Phi) is 12.1. The van der Waals surface area contributed by atoms with Gasteiger partial charge >= 0.3 is 184 Å². The van der Waals surface area contributed by atoms with Gasteiger partial charge in [-0.3, -0.25) is 0 Å². The van der Waals surface area contributed by atoms with E-state index in [1.165, 1.54) is 0 Å². The van der Waals surface area contributed by atoms with Gasteiger partial charge in [0.15, 0.2) is 0 Å². The van der Waals surface area contributed by atoms with E-state index in [0.29, 0.717) is 0 Å². The number of carbonyl (C=O) groups excluding carboxylic acids is 1. The zero-order chi connectivity index (χ0) is 22.6. The van der Waals surface area contributed by atoms with Crippen molar-refractivity contribution in [2.75, 3.05) is 6.61 Å². The van der Waals surface area contributed by atoms with Crippen molar-refractivity contribution in [3.05, 3.63) is 41.5 Å². The number of alkyl halides is 3. The summed E-state index contributed by atoms with van der Waals surface area (Å²) in [5.41, 5.74) is 0.119. The Bertz CT molecular complexity index is 644. The van der Waals surface area contributed by atoms with Gasteiger partial charge in [-0.15, -0.1) is 0 Å². The summed E-state index contributed by atoms with van der Waals surface area (Å²) in [6.07, 6.45) is 3.81. The van der Waals surface area contributed by atoms with Crippen LogP contribution < -0.4 is 0 Å². The second kappa shape index (κ2) is 13.4. The van der Waals surface area contributed by atoms with Gasteiger partial charge in [0.05, 0.1) is 0 Å². The average Bonchev–Trinajstić information content (AvgIpc) is 2.72. The fraction of sp³-hybridized carbons (Fsp3) is 0.625. The minimum atomic E-state index is -4.36. The number of hydrogen-bond donors (Lipinski definition) is 0. The molecule has 6 heteroatoms. The van der Waals surface area contributed by atoms with Crippen molar-refractivity contribution < 1.29 is 22.7 Å². The first-order valence-corrected chi connectivity index (χ1v) is 18.8. The van der Waals surface area contributed by atoms with Gasteiger partial charge in [-0.05, 0) is 0 Å². The van der Waals surface area contributed by atoms with E-state index in [9.17, 15) is 18.0 Å². The molecule has 0 aliphatic rings. The van der Waals surface area contributed by atoms with Crippen molar-refractivity contribution in [2.24, 2.45) is 0 Å². The van der Waals surface area contributed by atoms with Crippen LogP contribution in [0.4, 0.5) is 13.2 Å². The third-order valence-electron chi connectivity index (χ3n) is 5.67. The molecule has 2 nitrogen and oxygen atoms in total. The Morgan fingerprint density at radius 3 is 1.73 bits per heavy atom. The normalized spacial score (nSPS) is 12.8. The molecule has 0 N–H and O–H groups in total. The van der Waals surface area contributed by atoms with Gasteiger partial charge in [0.25, 0.3) is 0 Å². The molecule has 0 atom stereocenters. The second-order valence-electron chi connectivity index (χ2n) is 7.98. The number of rotatable bonds is 13. The van der Waals surface area contributed by atoms with Crippen LogP contribution >= 0.6 is 0 Å². The van der Waals surface area contributed by atoms with E-state index in [0.717, 1.165) is 73.1 Å². The van der Waals surface area contributed by atoms with Crippen molar-refractivity contribution in [3.8, 4) is 0 Å². The molecule has 30 heavy (non-hydrogen) atoms. The molecule has 0 fully saturated rings. The van der Waals surface area contributed by atoms with E-state index in [4.69, 9.17) is 4.74 Å². The van der Waals surface area contributed by atoms with Crippen LogP contribution in [0, 0.1) is 0 Å². The van der Waals surface area contributed by atoms with Crippen LogP contribution in [0.2, 0.25) is 13.3 Å².